The van der Waals surface area contributed by atoms with E-state index in [4.69, 9.17) is 9.84 Å². The van der Waals surface area contributed by atoms with Gasteiger partial charge in [-0.05, 0) is 78.4 Å². The molecule has 2 aromatic heterocycles. The zero-order valence-electron chi connectivity index (χ0n) is 18.8. The molecule has 0 bridgehead atoms. The Balaban J connectivity index is 1.22. The number of hydrogen-bond acceptors (Lipinski definition) is 8. The number of rotatable bonds is 8. The summed E-state index contributed by atoms with van der Waals surface area (Å²) in [5.74, 6) is -0.477. The number of nitrogens with zero attached hydrogens (tertiary/aromatic N) is 6. The van der Waals surface area contributed by atoms with E-state index in [0.29, 0.717) is 24.0 Å². The first kappa shape index (κ1) is 23.7. The number of aryl methyl sites for hydroxylation is 3. The molecule has 10 nitrogen and oxygen atoms in total. The third kappa shape index (κ3) is 6.53. The van der Waals surface area contributed by atoms with E-state index >= 15 is 0 Å². The van der Waals surface area contributed by atoms with Gasteiger partial charge in [0.05, 0.1) is 0 Å². The smallest absolute Gasteiger partial charge is 0.415 e. The molecular weight excluding hydrogens is 456 g/mol. The van der Waals surface area contributed by atoms with Crippen molar-refractivity contribution in [3.05, 3.63) is 59.4 Å². The first-order valence-corrected chi connectivity index (χ1v) is 12.0. The average Bonchev–Trinajstić information content (AvgIpc) is 3.25. The molecule has 1 aliphatic rings. The molecular formula is C23H26N6O4S. The average molecular weight is 483 g/mol. The number of carboxylic acids is 1. The van der Waals surface area contributed by atoms with Gasteiger partial charge in [0.1, 0.15) is 12.3 Å². The zero-order chi connectivity index (χ0) is 23.9. The van der Waals surface area contributed by atoms with Crippen LogP contribution in [-0.4, -0.2) is 65.6 Å². The van der Waals surface area contributed by atoms with Crippen molar-refractivity contribution in [2.45, 2.75) is 49.6 Å². The minimum Gasteiger partial charge on any atom is -0.480 e. The van der Waals surface area contributed by atoms with Gasteiger partial charge in [0.2, 0.25) is 5.16 Å². The third-order valence-electron chi connectivity index (χ3n) is 5.53. The van der Waals surface area contributed by atoms with Crippen molar-refractivity contribution in [3.63, 3.8) is 0 Å². The number of carboxylic acid groups (broad SMARTS) is 1. The number of carbonyl (C=O) groups is 2. The number of hydrogen-bond donors (Lipinski definition) is 1. The minimum absolute atomic E-state index is 0.199. The van der Waals surface area contributed by atoms with E-state index in [9.17, 15) is 9.59 Å². The Bertz CT molecular complexity index is 1130. The van der Waals surface area contributed by atoms with Crippen molar-refractivity contribution in [2.75, 3.05) is 13.1 Å². The number of aromatic nitrogens is 5. The summed E-state index contributed by atoms with van der Waals surface area (Å²) in [7, 11) is 0. The highest BCUT2D eigenvalue weighted by molar-refractivity contribution is 7.99. The number of ether oxygens (including phenoxy) is 1. The topological polar surface area (TPSA) is 123 Å². The lowest BCUT2D eigenvalue weighted by molar-refractivity contribution is -0.138. The molecule has 0 unspecified atom stereocenters. The molecule has 1 fully saturated rings. The van der Waals surface area contributed by atoms with Gasteiger partial charge >= 0.3 is 12.1 Å². The molecule has 11 heteroatoms. The Labute approximate surface area is 201 Å². The molecule has 1 N–H and O–H groups in total. The van der Waals surface area contributed by atoms with E-state index in [-0.39, 0.29) is 17.9 Å². The fraction of sp³-hybridized carbons (Fsp3) is 0.391. The summed E-state index contributed by atoms with van der Waals surface area (Å²) in [6.07, 6.45) is 4.67. The quantitative estimate of drug-likeness (QED) is 0.516. The maximum Gasteiger partial charge on any atom is 0.415 e. The second-order valence-electron chi connectivity index (χ2n) is 8.15. The Morgan fingerprint density at radius 2 is 1.91 bits per heavy atom. The van der Waals surface area contributed by atoms with Crippen LogP contribution >= 0.6 is 11.8 Å². The standard InChI is InChI=1S/C23H26N6O4S/c1-16-8-11-24-18(14-16)5-2-17-3-6-19(7-4-17)33-23(32)28-12-9-20(10-13-28)34-22-25-26-27-29(22)15-21(30)31/h3-4,6-8,11,14,20H,2,5,9-10,12-13,15H2,1H3,(H,30,31). The van der Waals surface area contributed by atoms with Crippen molar-refractivity contribution in [1.82, 2.24) is 30.1 Å². The summed E-state index contributed by atoms with van der Waals surface area (Å²) < 4.78 is 6.83. The number of benzene rings is 1. The van der Waals surface area contributed by atoms with Gasteiger partial charge in [-0.1, -0.05) is 23.9 Å². The number of tetrazole rings is 1. The highest BCUT2D eigenvalue weighted by atomic mass is 32.2. The summed E-state index contributed by atoms with van der Waals surface area (Å²) in [5, 5.41) is 20.8. The van der Waals surface area contributed by atoms with Gasteiger partial charge in [0, 0.05) is 30.2 Å². The van der Waals surface area contributed by atoms with Crippen LogP contribution in [-0.2, 0) is 24.2 Å². The van der Waals surface area contributed by atoms with Crippen LogP contribution in [0.5, 0.6) is 5.75 Å². The van der Waals surface area contributed by atoms with Crippen molar-refractivity contribution >= 4 is 23.8 Å². The molecule has 178 valence electrons. The molecule has 1 saturated heterocycles. The summed E-state index contributed by atoms with van der Waals surface area (Å²) in [6, 6.07) is 11.7. The van der Waals surface area contributed by atoms with Crippen LogP contribution in [0.4, 0.5) is 4.79 Å². The molecule has 1 aromatic carbocycles. The molecule has 0 saturated carbocycles. The summed E-state index contributed by atoms with van der Waals surface area (Å²) in [4.78, 5) is 29.6. The number of piperidine rings is 1. The molecule has 4 rings (SSSR count). The van der Waals surface area contributed by atoms with E-state index in [0.717, 1.165) is 36.9 Å². The van der Waals surface area contributed by atoms with Gasteiger partial charge in [-0.3, -0.25) is 9.78 Å². The van der Waals surface area contributed by atoms with Crippen LogP contribution in [0.2, 0.25) is 0 Å². The molecule has 0 spiro atoms. The van der Waals surface area contributed by atoms with Crippen LogP contribution in [0.1, 0.15) is 29.7 Å². The van der Waals surface area contributed by atoms with Crippen molar-refractivity contribution in [1.29, 1.82) is 0 Å². The maximum atomic E-state index is 12.6. The molecule has 0 atom stereocenters. The lowest BCUT2D eigenvalue weighted by Gasteiger charge is -2.30. The van der Waals surface area contributed by atoms with E-state index in [1.165, 1.54) is 22.0 Å². The van der Waals surface area contributed by atoms with E-state index < -0.39 is 5.97 Å². The molecule has 34 heavy (non-hydrogen) atoms. The second-order valence-corrected chi connectivity index (χ2v) is 9.42. The van der Waals surface area contributed by atoms with Gasteiger partial charge in [0.25, 0.3) is 0 Å². The monoisotopic (exact) mass is 482 g/mol. The van der Waals surface area contributed by atoms with Gasteiger partial charge in [0.15, 0.2) is 0 Å². The Morgan fingerprint density at radius 1 is 1.15 bits per heavy atom. The van der Waals surface area contributed by atoms with Gasteiger partial charge in [-0.15, -0.1) is 5.10 Å². The van der Waals surface area contributed by atoms with Crippen LogP contribution in [0.15, 0.2) is 47.8 Å². The molecule has 0 aliphatic carbocycles. The maximum absolute atomic E-state index is 12.6. The highest BCUT2D eigenvalue weighted by Gasteiger charge is 2.26. The van der Waals surface area contributed by atoms with E-state index in [1.807, 2.05) is 36.5 Å². The normalized spacial score (nSPS) is 14.2. The largest absolute Gasteiger partial charge is 0.480 e. The Hall–Kier alpha value is -3.47. The number of thioether (sulfide) groups is 1. The molecule has 3 heterocycles. The fourth-order valence-electron chi connectivity index (χ4n) is 3.71. The van der Waals surface area contributed by atoms with Gasteiger partial charge in [-0.2, -0.15) is 0 Å². The number of aliphatic carboxylic acids is 1. The molecule has 1 amide bonds. The summed E-state index contributed by atoms with van der Waals surface area (Å²) in [5.41, 5.74) is 3.43. The van der Waals surface area contributed by atoms with Gasteiger partial charge < -0.3 is 14.7 Å². The number of pyridine rings is 1. The summed E-state index contributed by atoms with van der Waals surface area (Å²) in [6.45, 7) is 2.89. The Morgan fingerprint density at radius 3 is 2.62 bits per heavy atom. The predicted octanol–water partition coefficient (Wildman–Crippen LogP) is 3.00. The summed E-state index contributed by atoms with van der Waals surface area (Å²) >= 11 is 1.44. The molecule has 0 radical (unpaired) electrons. The van der Waals surface area contributed by atoms with Crippen LogP contribution in [0.25, 0.3) is 0 Å². The Kier molecular flexibility index (Phi) is 7.73. The van der Waals surface area contributed by atoms with Gasteiger partial charge in [-0.25, -0.2) is 9.48 Å². The zero-order valence-corrected chi connectivity index (χ0v) is 19.6. The number of carbonyl (C=O) groups excluding carboxylic acids is 1. The number of likely N-dealkylation sites (tertiary alicyclic amines) is 1. The molecule has 1 aliphatic heterocycles. The second kappa shape index (κ2) is 11.1. The SMILES string of the molecule is Cc1ccnc(CCc2ccc(OC(=O)N3CCC(Sc4nnnn4CC(=O)O)CC3)cc2)c1. The number of amides is 1. The van der Waals surface area contributed by atoms with Crippen LogP contribution in [0, 0.1) is 6.92 Å². The lowest BCUT2D eigenvalue weighted by atomic mass is 10.1. The van der Waals surface area contributed by atoms with Crippen molar-refractivity contribution < 1.29 is 19.4 Å². The first-order valence-electron chi connectivity index (χ1n) is 11.1. The third-order valence-corrected chi connectivity index (χ3v) is 6.83. The van der Waals surface area contributed by atoms with Crippen molar-refractivity contribution in [3.8, 4) is 5.75 Å². The van der Waals surface area contributed by atoms with E-state index in [2.05, 4.69) is 33.5 Å². The fourth-order valence-corrected chi connectivity index (χ4v) is 4.76. The molecule has 3 aromatic rings. The van der Waals surface area contributed by atoms with Crippen molar-refractivity contribution in [2.24, 2.45) is 0 Å². The van der Waals surface area contributed by atoms with E-state index in [1.54, 1.807) is 4.90 Å². The van der Waals surface area contributed by atoms with Crippen LogP contribution < -0.4 is 4.74 Å². The minimum atomic E-state index is -0.997. The first-order chi connectivity index (χ1) is 16.5. The lowest BCUT2D eigenvalue weighted by Crippen LogP contribution is -2.41. The highest BCUT2D eigenvalue weighted by Crippen LogP contribution is 2.29. The predicted molar refractivity (Wildman–Crippen MR) is 125 cm³/mol. The van der Waals surface area contributed by atoms with Crippen LogP contribution in [0.3, 0.4) is 0 Å².